The van der Waals surface area contributed by atoms with E-state index in [9.17, 15) is 0 Å². The highest BCUT2D eigenvalue weighted by Gasteiger charge is 2.18. The predicted octanol–water partition coefficient (Wildman–Crippen LogP) is 6.24. The maximum absolute atomic E-state index is 2.46. The Morgan fingerprint density at radius 2 is 0.769 bits per heavy atom. The van der Waals surface area contributed by atoms with Gasteiger partial charge in [0, 0.05) is 0 Å². The largest absolute Gasteiger partial charge is 0.0776 e. The molecule has 0 N–H and O–H groups in total. The van der Waals surface area contributed by atoms with Crippen molar-refractivity contribution in [2.75, 3.05) is 0 Å². The molecule has 132 valence electrons. The molecule has 0 fully saturated rings. The van der Waals surface area contributed by atoms with Crippen LogP contribution in [0.2, 0.25) is 39.3 Å². The van der Waals surface area contributed by atoms with E-state index in [0.29, 0.717) is 0 Å². The van der Waals surface area contributed by atoms with Crippen molar-refractivity contribution < 1.29 is 0 Å². The molecule has 0 unspecified atom stereocenters. The van der Waals surface area contributed by atoms with Crippen LogP contribution in [0.1, 0.15) is 0 Å². The summed E-state index contributed by atoms with van der Waals surface area (Å²) in [5, 5.41) is 11.4. The van der Waals surface area contributed by atoms with Crippen molar-refractivity contribution in [3.63, 3.8) is 0 Å². The highest BCUT2D eigenvalue weighted by atomic mass is 28.3. The Kier molecular flexibility index (Phi) is 3.90. The van der Waals surface area contributed by atoms with Gasteiger partial charge >= 0.3 is 0 Å². The molecule has 0 amide bonds. The van der Waals surface area contributed by atoms with Gasteiger partial charge < -0.3 is 0 Å². The molecule has 0 saturated heterocycles. The van der Waals surface area contributed by atoms with Crippen LogP contribution in [0.25, 0.3) is 32.3 Å². The van der Waals surface area contributed by atoms with Crippen LogP contribution in [0, 0.1) is 0 Å². The third-order valence-corrected chi connectivity index (χ3v) is 9.65. The molecule has 0 aliphatic rings. The Labute approximate surface area is 158 Å². The molecular weight excluding hydrogens is 344 g/mol. The van der Waals surface area contributed by atoms with Crippen molar-refractivity contribution in [3.8, 4) is 0 Å². The summed E-state index contributed by atoms with van der Waals surface area (Å²) in [5.74, 6) is 0. The fourth-order valence-electron chi connectivity index (χ4n) is 3.80. The molecule has 2 heteroatoms. The average Bonchev–Trinajstić information content (AvgIpc) is 2.58. The van der Waals surface area contributed by atoms with Gasteiger partial charge in [0.1, 0.15) is 0 Å². The second-order valence-corrected chi connectivity index (χ2v) is 19.8. The molecule has 0 aromatic heterocycles. The molecule has 26 heavy (non-hydrogen) atoms. The van der Waals surface area contributed by atoms with Gasteiger partial charge in [-0.25, -0.2) is 0 Å². The Bertz CT molecular complexity index is 1050. The van der Waals surface area contributed by atoms with Crippen molar-refractivity contribution in [3.05, 3.63) is 60.7 Å². The maximum atomic E-state index is 2.46. The van der Waals surface area contributed by atoms with E-state index in [0.717, 1.165) is 0 Å². The summed E-state index contributed by atoms with van der Waals surface area (Å²) in [7, 11) is -2.64. The second kappa shape index (κ2) is 5.80. The second-order valence-electron chi connectivity index (χ2n) is 9.60. The molecule has 0 atom stereocenters. The fourth-order valence-corrected chi connectivity index (χ4v) is 6.12. The summed E-state index contributed by atoms with van der Waals surface area (Å²) in [5.41, 5.74) is 0. The van der Waals surface area contributed by atoms with Crippen molar-refractivity contribution in [1.29, 1.82) is 0 Å². The molecule has 0 aliphatic heterocycles. The monoisotopic (exact) mass is 372 g/mol. The van der Waals surface area contributed by atoms with Gasteiger partial charge in [-0.15, -0.1) is 0 Å². The van der Waals surface area contributed by atoms with Gasteiger partial charge in [-0.1, -0.05) is 110 Å². The summed E-state index contributed by atoms with van der Waals surface area (Å²) in [6.45, 7) is 14.6. The fraction of sp³-hybridized carbons (Fsp3) is 0.250. The molecule has 0 bridgehead atoms. The maximum Gasteiger partial charge on any atom is 0.0776 e. The summed E-state index contributed by atoms with van der Waals surface area (Å²) >= 11 is 0. The predicted molar refractivity (Wildman–Crippen MR) is 125 cm³/mol. The molecule has 0 radical (unpaired) electrons. The third kappa shape index (κ3) is 2.91. The van der Waals surface area contributed by atoms with Gasteiger partial charge in [0.2, 0.25) is 0 Å². The van der Waals surface area contributed by atoms with Crippen LogP contribution in [0.15, 0.2) is 60.7 Å². The minimum atomic E-state index is -1.32. The zero-order valence-corrected chi connectivity index (χ0v) is 18.8. The topological polar surface area (TPSA) is 0 Å². The highest BCUT2D eigenvalue weighted by Crippen LogP contribution is 2.31. The van der Waals surface area contributed by atoms with Crippen LogP contribution in [-0.2, 0) is 0 Å². The highest BCUT2D eigenvalue weighted by molar-refractivity contribution is 6.89. The molecule has 0 saturated carbocycles. The molecule has 4 aromatic rings. The minimum absolute atomic E-state index is 1.32. The normalized spacial score (nSPS) is 13.0. The van der Waals surface area contributed by atoms with E-state index in [1.165, 1.54) is 42.7 Å². The van der Waals surface area contributed by atoms with Gasteiger partial charge in [-0.3, -0.25) is 0 Å². The summed E-state index contributed by atoms with van der Waals surface area (Å²) in [6, 6.07) is 23.4. The Morgan fingerprint density at radius 1 is 0.423 bits per heavy atom. The number of fused-ring (bicyclic) bond motifs is 5. The van der Waals surface area contributed by atoms with E-state index in [-0.39, 0.29) is 0 Å². The lowest BCUT2D eigenvalue weighted by Gasteiger charge is -2.19. The van der Waals surface area contributed by atoms with E-state index in [1.54, 1.807) is 0 Å². The standard InChI is InChI=1S/C24H28Si2/c1-25(2,3)19-11-7-17-9-14-22-21(23(17)15-19)13-10-18-8-12-20(16-24(18)22)26(4,5)6/h7-16H,1-6H3. The first-order valence-electron chi connectivity index (χ1n) is 9.55. The first-order valence-corrected chi connectivity index (χ1v) is 16.5. The van der Waals surface area contributed by atoms with Crippen molar-refractivity contribution in [2.45, 2.75) is 39.3 Å². The number of hydrogen-bond acceptors (Lipinski definition) is 0. The van der Waals surface area contributed by atoms with Crippen molar-refractivity contribution in [2.24, 2.45) is 0 Å². The quantitative estimate of drug-likeness (QED) is 0.289. The van der Waals surface area contributed by atoms with Crippen molar-refractivity contribution >= 4 is 58.8 Å². The summed E-state index contributed by atoms with van der Waals surface area (Å²) < 4.78 is 0. The van der Waals surface area contributed by atoms with Crippen LogP contribution >= 0.6 is 0 Å². The van der Waals surface area contributed by atoms with E-state index in [4.69, 9.17) is 0 Å². The zero-order chi connectivity index (χ0) is 18.7. The summed E-state index contributed by atoms with van der Waals surface area (Å²) in [6.07, 6.45) is 0. The van der Waals surface area contributed by atoms with Crippen LogP contribution in [0.4, 0.5) is 0 Å². The number of hydrogen-bond donors (Lipinski definition) is 0. The first-order chi connectivity index (χ1) is 12.1. The Balaban J connectivity index is 2.09. The molecule has 4 aromatic carbocycles. The number of rotatable bonds is 2. The smallest absolute Gasteiger partial charge is 0.0656 e. The third-order valence-electron chi connectivity index (χ3n) is 5.57. The average molecular weight is 373 g/mol. The molecule has 0 heterocycles. The van der Waals surface area contributed by atoms with Gasteiger partial charge in [0.05, 0.1) is 16.1 Å². The van der Waals surface area contributed by atoms with E-state index >= 15 is 0 Å². The van der Waals surface area contributed by atoms with Crippen LogP contribution < -0.4 is 10.4 Å². The van der Waals surface area contributed by atoms with Gasteiger partial charge in [-0.2, -0.15) is 0 Å². The minimum Gasteiger partial charge on any atom is -0.0656 e. The lowest BCUT2D eigenvalue weighted by molar-refractivity contribution is 1.71. The van der Waals surface area contributed by atoms with Crippen molar-refractivity contribution in [1.82, 2.24) is 0 Å². The lowest BCUT2D eigenvalue weighted by atomic mass is 9.97. The summed E-state index contributed by atoms with van der Waals surface area (Å²) in [4.78, 5) is 0. The Hall–Kier alpha value is -1.91. The molecule has 0 spiro atoms. The van der Waals surface area contributed by atoms with Crippen LogP contribution in [-0.4, -0.2) is 16.1 Å². The van der Waals surface area contributed by atoms with E-state index in [1.807, 2.05) is 0 Å². The Morgan fingerprint density at radius 3 is 1.12 bits per heavy atom. The first kappa shape index (κ1) is 17.5. The molecule has 0 nitrogen and oxygen atoms in total. The van der Waals surface area contributed by atoms with E-state index < -0.39 is 16.1 Å². The number of benzene rings is 4. The molecule has 0 aliphatic carbocycles. The van der Waals surface area contributed by atoms with Gasteiger partial charge in [0.15, 0.2) is 0 Å². The van der Waals surface area contributed by atoms with Crippen LogP contribution in [0.5, 0.6) is 0 Å². The SMILES string of the molecule is C[Si](C)(C)c1ccc2ccc3c4cc([Si](C)(C)C)ccc4ccc3c2c1. The zero-order valence-electron chi connectivity index (χ0n) is 16.8. The lowest BCUT2D eigenvalue weighted by Crippen LogP contribution is -2.37. The molecule has 4 rings (SSSR count). The molecular formula is C24H28Si2. The van der Waals surface area contributed by atoms with Crippen LogP contribution in [0.3, 0.4) is 0 Å². The van der Waals surface area contributed by atoms with Gasteiger partial charge in [-0.05, 0) is 32.3 Å². The van der Waals surface area contributed by atoms with Gasteiger partial charge in [0.25, 0.3) is 0 Å². The van der Waals surface area contributed by atoms with E-state index in [2.05, 4.69) is 99.9 Å².